The van der Waals surface area contributed by atoms with Crippen molar-refractivity contribution in [3.8, 4) is 22.5 Å². The first-order valence-electron chi connectivity index (χ1n) is 8.94. The number of carboxylic acid groups (broad SMARTS) is 1. The Morgan fingerprint density at radius 3 is 2.37 bits per heavy atom. The van der Waals surface area contributed by atoms with Gasteiger partial charge in [0.25, 0.3) is 0 Å². The van der Waals surface area contributed by atoms with Gasteiger partial charge in [-0.05, 0) is 24.5 Å². The van der Waals surface area contributed by atoms with Gasteiger partial charge in [-0.3, -0.25) is 9.20 Å². The van der Waals surface area contributed by atoms with E-state index in [1.807, 2.05) is 10.6 Å². The monoisotopic (exact) mass is 376 g/mol. The number of nitrogens with zero attached hydrogens (tertiary/aromatic N) is 2. The fourth-order valence-corrected chi connectivity index (χ4v) is 4.32. The number of benzene rings is 2. The molecule has 4 nitrogen and oxygen atoms in total. The standard InChI is InChI=1S/C22H20N2O2S/c1-3-15-6-10-17(11-7-15)21-19(12-20(25)26)27-22-23-18(13-24(21)22)16-8-4-14(2)5-9-16/h4-11,13H,3,12H2,1-2H3,(H,25,26). The highest BCUT2D eigenvalue weighted by Crippen LogP contribution is 2.34. The van der Waals surface area contributed by atoms with Crippen molar-refractivity contribution in [2.45, 2.75) is 26.7 Å². The number of aromatic nitrogens is 2. The minimum absolute atomic E-state index is 0.00124. The summed E-state index contributed by atoms with van der Waals surface area (Å²) in [5.41, 5.74) is 6.36. The molecule has 136 valence electrons. The number of carbonyl (C=O) groups is 1. The molecular weight excluding hydrogens is 356 g/mol. The lowest BCUT2D eigenvalue weighted by Gasteiger charge is -2.05. The molecule has 5 heteroatoms. The Morgan fingerprint density at radius 1 is 1.07 bits per heavy atom. The lowest BCUT2D eigenvalue weighted by atomic mass is 10.1. The highest BCUT2D eigenvalue weighted by atomic mass is 32.1. The molecule has 2 aromatic carbocycles. The van der Waals surface area contributed by atoms with Crippen LogP contribution in [0.3, 0.4) is 0 Å². The molecule has 0 unspecified atom stereocenters. The molecule has 0 aliphatic carbocycles. The summed E-state index contributed by atoms with van der Waals surface area (Å²) in [5, 5.41) is 9.32. The van der Waals surface area contributed by atoms with Crippen molar-refractivity contribution in [1.82, 2.24) is 9.38 Å². The van der Waals surface area contributed by atoms with E-state index in [2.05, 4.69) is 62.4 Å². The zero-order valence-corrected chi connectivity index (χ0v) is 16.1. The molecular formula is C22H20N2O2S. The number of aliphatic carboxylic acids is 1. The maximum absolute atomic E-state index is 11.3. The fourth-order valence-electron chi connectivity index (χ4n) is 3.21. The number of thiazole rings is 1. The van der Waals surface area contributed by atoms with Crippen molar-refractivity contribution >= 4 is 22.3 Å². The molecule has 0 bridgehead atoms. The van der Waals surface area contributed by atoms with Crippen LogP contribution in [-0.4, -0.2) is 20.5 Å². The largest absolute Gasteiger partial charge is 0.481 e. The van der Waals surface area contributed by atoms with Crippen LogP contribution in [0.25, 0.3) is 27.5 Å². The van der Waals surface area contributed by atoms with Crippen molar-refractivity contribution in [1.29, 1.82) is 0 Å². The highest BCUT2D eigenvalue weighted by molar-refractivity contribution is 7.17. The molecule has 0 aliphatic heterocycles. The van der Waals surface area contributed by atoms with Gasteiger partial charge in [0.15, 0.2) is 4.96 Å². The summed E-state index contributed by atoms with van der Waals surface area (Å²) in [6.45, 7) is 4.18. The Labute approximate surface area is 161 Å². The van der Waals surface area contributed by atoms with E-state index in [0.29, 0.717) is 0 Å². The topological polar surface area (TPSA) is 54.6 Å². The van der Waals surface area contributed by atoms with E-state index in [4.69, 9.17) is 4.98 Å². The van der Waals surface area contributed by atoms with Crippen LogP contribution in [0.5, 0.6) is 0 Å². The fraction of sp³-hybridized carbons (Fsp3) is 0.182. The Kier molecular flexibility index (Phi) is 4.54. The molecule has 4 rings (SSSR count). The Hall–Kier alpha value is -2.92. The lowest BCUT2D eigenvalue weighted by Crippen LogP contribution is -2.00. The quantitative estimate of drug-likeness (QED) is 0.519. The first kappa shape index (κ1) is 17.5. The van der Waals surface area contributed by atoms with Crippen molar-refractivity contribution in [2.24, 2.45) is 0 Å². The predicted octanol–water partition coefficient (Wildman–Crippen LogP) is 5.23. The summed E-state index contributed by atoms with van der Waals surface area (Å²) in [6, 6.07) is 16.6. The first-order chi connectivity index (χ1) is 13.0. The minimum Gasteiger partial charge on any atom is -0.481 e. The maximum Gasteiger partial charge on any atom is 0.308 e. The molecule has 1 N–H and O–H groups in total. The van der Waals surface area contributed by atoms with Gasteiger partial charge in [-0.25, -0.2) is 4.98 Å². The zero-order chi connectivity index (χ0) is 19.0. The third kappa shape index (κ3) is 3.38. The number of hydrogen-bond acceptors (Lipinski definition) is 3. The van der Waals surface area contributed by atoms with E-state index >= 15 is 0 Å². The van der Waals surface area contributed by atoms with Crippen molar-refractivity contribution in [2.75, 3.05) is 0 Å². The van der Waals surface area contributed by atoms with E-state index in [9.17, 15) is 9.90 Å². The summed E-state index contributed by atoms with van der Waals surface area (Å²) in [7, 11) is 0. The van der Waals surface area contributed by atoms with Gasteiger partial charge in [0.05, 0.1) is 17.8 Å². The smallest absolute Gasteiger partial charge is 0.308 e. The predicted molar refractivity (Wildman–Crippen MR) is 109 cm³/mol. The summed E-state index contributed by atoms with van der Waals surface area (Å²) in [5.74, 6) is -0.829. The Bertz CT molecular complexity index is 1110. The third-order valence-corrected chi connectivity index (χ3v) is 5.74. The van der Waals surface area contributed by atoms with Gasteiger partial charge in [-0.15, -0.1) is 11.3 Å². The number of fused-ring (bicyclic) bond motifs is 1. The number of carboxylic acids is 1. The van der Waals surface area contributed by atoms with Crippen LogP contribution in [0, 0.1) is 6.92 Å². The summed E-state index contributed by atoms with van der Waals surface area (Å²) >= 11 is 1.45. The molecule has 0 fully saturated rings. The molecule has 0 atom stereocenters. The van der Waals surface area contributed by atoms with Crippen molar-refractivity contribution in [3.05, 3.63) is 70.7 Å². The molecule has 27 heavy (non-hydrogen) atoms. The van der Waals surface area contributed by atoms with Gasteiger partial charge < -0.3 is 5.11 Å². The molecule has 2 aromatic heterocycles. The van der Waals surface area contributed by atoms with Crippen LogP contribution in [0.4, 0.5) is 0 Å². The molecule has 0 saturated carbocycles. The Morgan fingerprint density at radius 2 is 1.74 bits per heavy atom. The van der Waals surface area contributed by atoms with E-state index in [-0.39, 0.29) is 6.42 Å². The normalized spacial score (nSPS) is 11.2. The first-order valence-corrected chi connectivity index (χ1v) is 9.75. The maximum atomic E-state index is 11.3. The second-order valence-corrected chi connectivity index (χ2v) is 7.70. The zero-order valence-electron chi connectivity index (χ0n) is 15.3. The molecule has 4 aromatic rings. The SMILES string of the molecule is CCc1ccc(-c2c(CC(=O)O)sc3nc(-c4ccc(C)cc4)cn23)cc1. The van der Waals surface area contributed by atoms with Gasteiger partial charge in [-0.1, -0.05) is 61.0 Å². The van der Waals surface area contributed by atoms with Crippen LogP contribution in [0.2, 0.25) is 0 Å². The Balaban J connectivity index is 1.86. The average molecular weight is 376 g/mol. The highest BCUT2D eigenvalue weighted by Gasteiger charge is 2.19. The van der Waals surface area contributed by atoms with Gasteiger partial charge in [0.1, 0.15) is 0 Å². The number of rotatable bonds is 5. The van der Waals surface area contributed by atoms with E-state index in [1.54, 1.807) is 0 Å². The van der Waals surface area contributed by atoms with Crippen LogP contribution in [0.1, 0.15) is 22.9 Å². The average Bonchev–Trinajstić information content (AvgIpc) is 3.19. The van der Waals surface area contributed by atoms with Crippen LogP contribution >= 0.6 is 11.3 Å². The van der Waals surface area contributed by atoms with Crippen molar-refractivity contribution < 1.29 is 9.90 Å². The van der Waals surface area contributed by atoms with Gasteiger partial charge in [0, 0.05) is 16.6 Å². The van der Waals surface area contributed by atoms with Crippen LogP contribution in [0.15, 0.2) is 54.7 Å². The van der Waals surface area contributed by atoms with Crippen molar-refractivity contribution in [3.63, 3.8) is 0 Å². The minimum atomic E-state index is -0.829. The molecule has 0 spiro atoms. The molecule has 0 aliphatic rings. The van der Waals surface area contributed by atoms with Gasteiger partial charge in [0.2, 0.25) is 0 Å². The molecule has 0 radical (unpaired) electrons. The van der Waals surface area contributed by atoms with E-state index in [1.165, 1.54) is 22.5 Å². The summed E-state index contributed by atoms with van der Waals surface area (Å²) in [4.78, 5) is 17.7. The van der Waals surface area contributed by atoms with Gasteiger partial charge in [-0.2, -0.15) is 0 Å². The second kappa shape index (κ2) is 7.00. The van der Waals surface area contributed by atoms with E-state index < -0.39 is 5.97 Å². The van der Waals surface area contributed by atoms with Crippen LogP contribution in [-0.2, 0) is 17.6 Å². The molecule has 2 heterocycles. The summed E-state index contributed by atoms with van der Waals surface area (Å²) < 4.78 is 2.03. The lowest BCUT2D eigenvalue weighted by molar-refractivity contribution is -0.136. The van der Waals surface area contributed by atoms with E-state index in [0.717, 1.165) is 38.8 Å². The van der Waals surface area contributed by atoms with Gasteiger partial charge >= 0.3 is 5.97 Å². The molecule has 0 amide bonds. The number of hydrogen-bond donors (Lipinski definition) is 1. The van der Waals surface area contributed by atoms with Crippen LogP contribution < -0.4 is 0 Å². The molecule has 0 saturated heterocycles. The summed E-state index contributed by atoms with van der Waals surface area (Å²) in [6.07, 6.45) is 2.98. The number of imidazole rings is 1. The third-order valence-electron chi connectivity index (χ3n) is 4.69. The second-order valence-electron chi connectivity index (χ2n) is 6.64. The number of aryl methyl sites for hydroxylation is 2.